The molecule has 0 radical (unpaired) electrons. The number of rotatable bonds is 8. The van der Waals surface area contributed by atoms with Crippen LogP contribution in [0.2, 0.25) is 0 Å². The Hall–Kier alpha value is -3.61. The molecule has 0 spiro atoms. The Balaban J connectivity index is 1.60. The lowest BCUT2D eigenvalue weighted by Gasteiger charge is -2.13. The van der Waals surface area contributed by atoms with Gasteiger partial charge in [-0.2, -0.15) is 26.3 Å². The quantitative estimate of drug-likeness (QED) is 0.240. The van der Waals surface area contributed by atoms with Crippen molar-refractivity contribution >= 4 is 11.3 Å². The van der Waals surface area contributed by atoms with Crippen LogP contribution >= 0.6 is 11.3 Å². The Morgan fingerprint density at radius 3 is 2.35 bits per heavy atom. The van der Waals surface area contributed by atoms with Gasteiger partial charge in [0.2, 0.25) is 0 Å². The van der Waals surface area contributed by atoms with Crippen LogP contribution in [0, 0.1) is 0 Å². The molecule has 0 aliphatic heterocycles. The maximum Gasteiger partial charge on any atom is 0.439 e. The highest BCUT2D eigenvalue weighted by Gasteiger charge is 2.35. The van der Waals surface area contributed by atoms with Gasteiger partial charge in [0.25, 0.3) is 0 Å². The maximum absolute atomic E-state index is 13.7. The molecular formula is C24H19F6N3O3S. The zero-order valence-corrected chi connectivity index (χ0v) is 20.0. The van der Waals surface area contributed by atoms with E-state index < -0.39 is 29.2 Å². The van der Waals surface area contributed by atoms with Crippen molar-refractivity contribution in [3.8, 4) is 27.7 Å². The molecule has 0 aliphatic rings. The van der Waals surface area contributed by atoms with Crippen LogP contribution in [0.1, 0.15) is 41.5 Å². The van der Waals surface area contributed by atoms with Crippen molar-refractivity contribution in [2.45, 2.75) is 45.1 Å². The number of halogens is 6. The molecule has 2 aromatic carbocycles. The lowest BCUT2D eigenvalue weighted by Crippen LogP contribution is -2.09. The van der Waals surface area contributed by atoms with Gasteiger partial charge < -0.3 is 4.74 Å². The summed E-state index contributed by atoms with van der Waals surface area (Å²) in [7, 11) is 0. The average molecular weight is 543 g/mol. The molecule has 4 rings (SSSR count). The third-order valence-corrected chi connectivity index (χ3v) is 6.49. The number of ether oxygens (including phenoxy) is 1. The van der Waals surface area contributed by atoms with E-state index in [0.29, 0.717) is 27.6 Å². The van der Waals surface area contributed by atoms with Crippen molar-refractivity contribution in [1.29, 1.82) is 0 Å². The van der Waals surface area contributed by atoms with Crippen molar-refractivity contribution in [2.75, 3.05) is 0 Å². The normalized spacial score (nSPS) is 12.2. The number of H-pyrrole nitrogens is 1. The number of unbranched alkanes of at least 4 members (excludes halogenated alkanes) is 1. The molecule has 0 aliphatic carbocycles. The molecular weight excluding hydrogens is 524 g/mol. The number of thiazole rings is 1. The molecule has 2 heterocycles. The second kappa shape index (κ2) is 10.4. The fraction of sp³-hybridized carbons (Fsp3) is 0.292. The number of benzene rings is 2. The summed E-state index contributed by atoms with van der Waals surface area (Å²) >= 11 is 1.21. The third kappa shape index (κ3) is 6.21. The first kappa shape index (κ1) is 26.5. The number of alkyl halides is 6. The molecule has 0 bridgehead atoms. The van der Waals surface area contributed by atoms with Crippen molar-refractivity contribution < 1.29 is 35.6 Å². The van der Waals surface area contributed by atoms with E-state index in [0.717, 1.165) is 37.1 Å². The number of aryl methyl sites for hydroxylation is 1. The van der Waals surface area contributed by atoms with E-state index in [9.17, 15) is 31.1 Å². The third-order valence-electron chi connectivity index (χ3n) is 5.37. The summed E-state index contributed by atoms with van der Waals surface area (Å²) in [6.07, 6.45) is -6.98. The number of hydrogen-bond acceptors (Lipinski definition) is 6. The minimum Gasteiger partial charge on any atom is -0.488 e. The Bertz CT molecular complexity index is 1420. The summed E-state index contributed by atoms with van der Waals surface area (Å²) in [6.45, 7) is 1.90. The molecule has 0 saturated heterocycles. The fourth-order valence-corrected chi connectivity index (χ4v) is 4.54. The van der Waals surface area contributed by atoms with Gasteiger partial charge in [-0.3, -0.25) is 9.51 Å². The SMILES string of the molecule is CCCCc1nc(-c2ccc(C(F)(F)F)cc2)sc1COc1ccc(-c2noc(=O)[nH]2)c(C(F)(F)F)c1. The summed E-state index contributed by atoms with van der Waals surface area (Å²) in [5.74, 6) is -1.43. The van der Waals surface area contributed by atoms with Crippen molar-refractivity contribution in [3.05, 3.63) is 74.7 Å². The summed E-state index contributed by atoms with van der Waals surface area (Å²) in [5.41, 5.74) is -1.06. The van der Waals surface area contributed by atoms with Crippen molar-refractivity contribution in [1.82, 2.24) is 15.1 Å². The van der Waals surface area contributed by atoms with Crippen molar-refractivity contribution in [3.63, 3.8) is 0 Å². The average Bonchev–Trinajstić information content (AvgIpc) is 3.46. The van der Waals surface area contributed by atoms with Crippen LogP contribution in [0.25, 0.3) is 22.0 Å². The van der Waals surface area contributed by atoms with E-state index in [1.165, 1.54) is 29.5 Å². The van der Waals surface area contributed by atoms with Gasteiger partial charge in [-0.15, -0.1) is 11.3 Å². The first-order valence-corrected chi connectivity index (χ1v) is 11.8. The highest BCUT2D eigenvalue weighted by molar-refractivity contribution is 7.15. The fourth-order valence-electron chi connectivity index (χ4n) is 3.51. The van der Waals surface area contributed by atoms with E-state index in [1.807, 2.05) is 6.92 Å². The number of aromatic amines is 1. The second-order valence-corrected chi connectivity index (χ2v) is 9.09. The van der Waals surface area contributed by atoms with Crippen LogP contribution in [0.5, 0.6) is 5.75 Å². The predicted molar refractivity (Wildman–Crippen MR) is 123 cm³/mol. The van der Waals surface area contributed by atoms with Gasteiger partial charge in [-0.25, -0.2) is 9.78 Å². The van der Waals surface area contributed by atoms with Gasteiger partial charge >= 0.3 is 18.1 Å². The van der Waals surface area contributed by atoms with Crippen LogP contribution in [0.15, 0.2) is 51.8 Å². The largest absolute Gasteiger partial charge is 0.488 e. The Labute approximate surface area is 209 Å². The number of hydrogen-bond donors (Lipinski definition) is 1. The highest BCUT2D eigenvalue weighted by atomic mass is 32.1. The molecule has 0 saturated carbocycles. The van der Waals surface area contributed by atoms with E-state index in [1.54, 1.807) is 0 Å². The first-order chi connectivity index (χ1) is 17.5. The van der Waals surface area contributed by atoms with Crippen LogP contribution < -0.4 is 10.5 Å². The number of nitrogens with one attached hydrogen (secondary N) is 1. The Morgan fingerprint density at radius 2 is 1.76 bits per heavy atom. The van der Waals surface area contributed by atoms with Gasteiger partial charge in [-0.1, -0.05) is 30.6 Å². The van der Waals surface area contributed by atoms with Gasteiger partial charge in [0.05, 0.1) is 21.7 Å². The Morgan fingerprint density at radius 1 is 1.03 bits per heavy atom. The van der Waals surface area contributed by atoms with E-state index in [2.05, 4.69) is 19.6 Å². The summed E-state index contributed by atoms with van der Waals surface area (Å²) < 4.78 is 89.7. The highest BCUT2D eigenvalue weighted by Crippen LogP contribution is 2.39. The van der Waals surface area contributed by atoms with Crippen LogP contribution in [0.3, 0.4) is 0 Å². The monoisotopic (exact) mass is 543 g/mol. The van der Waals surface area contributed by atoms with E-state index in [-0.39, 0.29) is 23.7 Å². The molecule has 13 heteroatoms. The van der Waals surface area contributed by atoms with Crippen molar-refractivity contribution in [2.24, 2.45) is 0 Å². The standard InChI is InChI=1S/C24H19F6N3O3S/c1-2-3-4-18-19(37-21(31-18)13-5-7-14(8-6-13)23(25,26)27)12-35-15-9-10-16(17(11-15)24(28,29)30)20-32-22(34)36-33-20/h5-11H,2-4,12H2,1H3,(H,32,33,34). The molecule has 1 N–H and O–H groups in total. The van der Waals surface area contributed by atoms with Crippen LogP contribution in [-0.4, -0.2) is 15.1 Å². The summed E-state index contributed by atoms with van der Waals surface area (Å²) in [4.78, 5) is 18.5. The molecule has 196 valence electrons. The van der Waals surface area contributed by atoms with Crippen LogP contribution in [-0.2, 0) is 25.4 Å². The molecule has 2 aromatic heterocycles. The Kier molecular flexibility index (Phi) is 7.44. The summed E-state index contributed by atoms with van der Waals surface area (Å²) in [5, 5.41) is 3.81. The lowest BCUT2D eigenvalue weighted by molar-refractivity contribution is -0.138. The number of nitrogens with zero attached hydrogens (tertiary/aromatic N) is 2. The summed E-state index contributed by atoms with van der Waals surface area (Å²) in [6, 6.07) is 7.83. The molecule has 6 nitrogen and oxygen atoms in total. The van der Waals surface area contributed by atoms with Gasteiger partial charge in [0.1, 0.15) is 17.4 Å². The molecule has 4 aromatic rings. The zero-order chi connectivity index (χ0) is 26.8. The predicted octanol–water partition coefficient (Wildman–Crippen LogP) is 7.11. The van der Waals surface area contributed by atoms with Gasteiger partial charge in [0.15, 0.2) is 5.82 Å². The minimum absolute atomic E-state index is 0.0761. The molecule has 0 amide bonds. The second-order valence-electron chi connectivity index (χ2n) is 8.01. The molecule has 0 unspecified atom stereocenters. The molecule has 0 fully saturated rings. The van der Waals surface area contributed by atoms with Crippen LogP contribution in [0.4, 0.5) is 26.3 Å². The molecule has 0 atom stereocenters. The van der Waals surface area contributed by atoms with E-state index in [4.69, 9.17) is 4.74 Å². The van der Waals surface area contributed by atoms with Gasteiger partial charge in [0, 0.05) is 11.1 Å². The zero-order valence-electron chi connectivity index (χ0n) is 19.2. The van der Waals surface area contributed by atoms with Gasteiger partial charge in [-0.05, 0) is 43.2 Å². The minimum atomic E-state index is -4.77. The smallest absolute Gasteiger partial charge is 0.439 e. The molecule has 37 heavy (non-hydrogen) atoms. The topological polar surface area (TPSA) is 81.0 Å². The lowest BCUT2D eigenvalue weighted by atomic mass is 10.1. The maximum atomic E-state index is 13.7. The van der Waals surface area contributed by atoms with E-state index >= 15 is 0 Å². The number of aromatic nitrogens is 3. The first-order valence-electron chi connectivity index (χ1n) is 11.0.